The lowest BCUT2D eigenvalue weighted by Gasteiger charge is -2.33. The fourth-order valence-electron chi connectivity index (χ4n) is 4.26. The van der Waals surface area contributed by atoms with Crippen LogP contribution in [0, 0.1) is 11.3 Å². The van der Waals surface area contributed by atoms with Crippen molar-refractivity contribution in [2.45, 2.75) is 25.8 Å². The van der Waals surface area contributed by atoms with Crippen LogP contribution in [0.5, 0.6) is 0 Å². The summed E-state index contributed by atoms with van der Waals surface area (Å²) in [5.74, 6) is 1.25. The Bertz CT molecular complexity index is 706. The van der Waals surface area contributed by atoms with Crippen LogP contribution in [-0.4, -0.2) is 47.4 Å². The van der Waals surface area contributed by atoms with E-state index < -0.39 is 0 Å². The highest BCUT2D eigenvalue weighted by atomic mass is 16.3. The SMILES string of the molecule is CN(Cc1cccnc1)CC1CC12CCN(C(=O)c1ccco1)CC2. The molecule has 132 valence electrons. The smallest absolute Gasteiger partial charge is 0.289 e. The van der Waals surface area contributed by atoms with Gasteiger partial charge in [-0.3, -0.25) is 9.78 Å². The van der Waals surface area contributed by atoms with Crippen LogP contribution in [0.15, 0.2) is 47.3 Å². The normalized spacial score (nSPS) is 21.7. The molecule has 0 N–H and O–H groups in total. The number of amides is 1. The third kappa shape index (κ3) is 3.47. The van der Waals surface area contributed by atoms with Crippen molar-refractivity contribution < 1.29 is 9.21 Å². The number of nitrogens with zero attached hydrogens (tertiary/aromatic N) is 3. The van der Waals surface area contributed by atoms with E-state index in [-0.39, 0.29) is 5.91 Å². The minimum absolute atomic E-state index is 0.0331. The second-order valence-electron chi connectivity index (χ2n) is 7.59. The van der Waals surface area contributed by atoms with E-state index >= 15 is 0 Å². The van der Waals surface area contributed by atoms with E-state index in [1.807, 2.05) is 23.4 Å². The van der Waals surface area contributed by atoms with Gasteiger partial charge in [-0.15, -0.1) is 0 Å². The maximum atomic E-state index is 12.4. The number of rotatable bonds is 5. The van der Waals surface area contributed by atoms with Gasteiger partial charge in [0.05, 0.1) is 6.26 Å². The largest absolute Gasteiger partial charge is 0.459 e. The third-order valence-electron chi connectivity index (χ3n) is 5.84. The van der Waals surface area contributed by atoms with Crippen molar-refractivity contribution in [2.24, 2.45) is 11.3 Å². The minimum atomic E-state index is 0.0331. The Morgan fingerprint density at radius 2 is 2.20 bits per heavy atom. The van der Waals surface area contributed by atoms with Crippen LogP contribution >= 0.6 is 0 Å². The fourth-order valence-corrected chi connectivity index (χ4v) is 4.26. The highest BCUT2D eigenvalue weighted by Crippen LogP contribution is 2.59. The first-order valence-electron chi connectivity index (χ1n) is 9.06. The van der Waals surface area contributed by atoms with Crippen LogP contribution in [0.25, 0.3) is 0 Å². The van der Waals surface area contributed by atoms with Gasteiger partial charge in [0.15, 0.2) is 5.76 Å². The molecule has 1 spiro atoms. The van der Waals surface area contributed by atoms with Gasteiger partial charge >= 0.3 is 0 Å². The molecule has 4 rings (SSSR count). The zero-order valence-electron chi connectivity index (χ0n) is 14.7. The van der Waals surface area contributed by atoms with Gasteiger partial charge in [0, 0.05) is 38.6 Å². The van der Waals surface area contributed by atoms with Gasteiger partial charge in [-0.05, 0) is 61.4 Å². The number of hydrogen-bond acceptors (Lipinski definition) is 4. The van der Waals surface area contributed by atoms with E-state index in [4.69, 9.17) is 4.42 Å². The Kier molecular flexibility index (Phi) is 4.34. The number of carbonyl (C=O) groups excluding carboxylic acids is 1. The standard InChI is InChI=1S/C20H25N3O2/c1-22(14-16-4-2-8-21-13-16)15-17-12-20(17)6-9-23(10-7-20)19(24)18-5-3-11-25-18/h2-5,8,11,13,17H,6-7,9-10,12,14-15H2,1H3. The summed E-state index contributed by atoms with van der Waals surface area (Å²) in [6.07, 6.45) is 8.85. The topological polar surface area (TPSA) is 49.6 Å². The molecule has 2 aromatic rings. The number of likely N-dealkylation sites (tertiary alicyclic amines) is 1. The molecule has 0 radical (unpaired) electrons. The first-order chi connectivity index (χ1) is 12.2. The molecular formula is C20H25N3O2. The van der Waals surface area contributed by atoms with Crippen LogP contribution in [0.4, 0.5) is 0 Å². The Hall–Kier alpha value is -2.14. The molecule has 3 heterocycles. The van der Waals surface area contributed by atoms with Gasteiger partial charge in [0.25, 0.3) is 5.91 Å². The Balaban J connectivity index is 1.26. The van der Waals surface area contributed by atoms with Gasteiger partial charge in [0.2, 0.25) is 0 Å². The summed E-state index contributed by atoms with van der Waals surface area (Å²) in [4.78, 5) is 20.9. The molecule has 1 saturated heterocycles. The summed E-state index contributed by atoms with van der Waals surface area (Å²) < 4.78 is 5.24. The van der Waals surface area contributed by atoms with Crippen molar-refractivity contribution in [3.8, 4) is 0 Å². The van der Waals surface area contributed by atoms with Crippen molar-refractivity contribution >= 4 is 5.91 Å². The maximum Gasteiger partial charge on any atom is 0.289 e. The van der Waals surface area contributed by atoms with Gasteiger partial charge in [0.1, 0.15) is 0 Å². The Labute approximate surface area is 148 Å². The summed E-state index contributed by atoms with van der Waals surface area (Å²) in [5.41, 5.74) is 1.72. The zero-order valence-corrected chi connectivity index (χ0v) is 14.7. The molecule has 2 aliphatic rings. The second-order valence-corrected chi connectivity index (χ2v) is 7.59. The van der Waals surface area contributed by atoms with E-state index in [0.717, 1.165) is 44.9 Å². The highest BCUT2D eigenvalue weighted by Gasteiger charge is 2.55. The zero-order chi connectivity index (χ0) is 17.3. The lowest BCUT2D eigenvalue weighted by Crippen LogP contribution is -2.40. The van der Waals surface area contributed by atoms with E-state index in [0.29, 0.717) is 11.2 Å². The fraction of sp³-hybridized carbons (Fsp3) is 0.500. The molecule has 5 nitrogen and oxygen atoms in total. The van der Waals surface area contributed by atoms with Crippen molar-refractivity contribution in [1.29, 1.82) is 0 Å². The van der Waals surface area contributed by atoms with Crippen LogP contribution in [-0.2, 0) is 6.54 Å². The number of piperidine rings is 1. The molecular weight excluding hydrogens is 314 g/mol. The lowest BCUT2D eigenvalue weighted by molar-refractivity contribution is 0.0632. The summed E-state index contributed by atoms with van der Waals surface area (Å²) >= 11 is 0. The van der Waals surface area contributed by atoms with Crippen molar-refractivity contribution in [1.82, 2.24) is 14.8 Å². The molecule has 1 saturated carbocycles. The monoisotopic (exact) mass is 339 g/mol. The molecule has 1 unspecified atom stereocenters. The quantitative estimate of drug-likeness (QED) is 0.840. The second kappa shape index (κ2) is 6.64. The molecule has 0 bridgehead atoms. The maximum absolute atomic E-state index is 12.4. The van der Waals surface area contributed by atoms with Crippen LogP contribution in [0.3, 0.4) is 0 Å². The molecule has 5 heteroatoms. The average Bonchev–Trinajstić information content (AvgIpc) is 3.04. The summed E-state index contributed by atoms with van der Waals surface area (Å²) in [6, 6.07) is 7.65. The highest BCUT2D eigenvalue weighted by molar-refractivity contribution is 5.91. The summed E-state index contributed by atoms with van der Waals surface area (Å²) in [5, 5.41) is 0. The number of hydrogen-bond donors (Lipinski definition) is 0. The number of pyridine rings is 1. The predicted molar refractivity (Wildman–Crippen MR) is 95.0 cm³/mol. The number of aromatic nitrogens is 1. The van der Waals surface area contributed by atoms with Gasteiger partial charge in [-0.25, -0.2) is 0 Å². The molecule has 1 amide bonds. The average molecular weight is 339 g/mol. The van der Waals surface area contributed by atoms with Crippen molar-refractivity contribution in [2.75, 3.05) is 26.7 Å². The van der Waals surface area contributed by atoms with E-state index in [1.165, 1.54) is 12.0 Å². The predicted octanol–water partition coefficient (Wildman–Crippen LogP) is 3.05. The van der Waals surface area contributed by atoms with Crippen molar-refractivity contribution in [3.63, 3.8) is 0 Å². The molecule has 0 aromatic carbocycles. The van der Waals surface area contributed by atoms with E-state index in [9.17, 15) is 4.79 Å². The molecule has 2 fully saturated rings. The first-order valence-corrected chi connectivity index (χ1v) is 9.06. The minimum Gasteiger partial charge on any atom is -0.459 e. The Morgan fingerprint density at radius 3 is 2.88 bits per heavy atom. The number of furan rings is 1. The van der Waals surface area contributed by atoms with Crippen molar-refractivity contribution in [3.05, 3.63) is 54.2 Å². The van der Waals surface area contributed by atoms with E-state index in [2.05, 4.69) is 23.0 Å². The summed E-state index contributed by atoms with van der Waals surface area (Å²) in [7, 11) is 2.19. The van der Waals surface area contributed by atoms with Gasteiger partial charge in [-0.1, -0.05) is 6.07 Å². The lowest BCUT2D eigenvalue weighted by atomic mass is 9.90. The molecule has 1 atom stereocenters. The summed E-state index contributed by atoms with van der Waals surface area (Å²) in [6.45, 7) is 3.77. The van der Waals surface area contributed by atoms with Crippen LogP contribution < -0.4 is 0 Å². The molecule has 1 aliphatic heterocycles. The Morgan fingerprint density at radius 1 is 1.36 bits per heavy atom. The third-order valence-corrected chi connectivity index (χ3v) is 5.84. The molecule has 1 aliphatic carbocycles. The van der Waals surface area contributed by atoms with Crippen LogP contribution in [0.2, 0.25) is 0 Å². The molecule has 2 aromatic heterocycles. The van der Waals surface area contributed by atoms with Crippen LogP contribution in [0.1, 0.15) is 35.4 Å². The first kappa shape index (κ1) is 16.3. The van der Waals surface area contributed by atoms with E-state index in [1.54, 1.807) is 18.4 Å². The number of carbonyl (C=O) groups is 1. The molecule has 25 heavy (non-hydrogen) atoms. The van der Waals surface area contributed by atoms with Gasteiger partial charge < -0.3 is 14.2 Å². The van der Waals surface area contributed by atoms with Gasteiger partial charge in [-0.2, -0.15) is 0 Å².